The van der Waals surface area contributed by atoms with Crippen LogP contribution in [-0.4, -0.2) is 116 Å². The van der Waals surface area contributed by atoms with E-state index in [-0.39, 0.29) is 39.9 Å². The zero-order valence-electron chi connectivity index (χ0n) is 30.0. The van der Waals surface area contributed by atoms with Gasteiger partial charge in [-0.3, -0.25) is 38.8 Å². The Kier molecular flexibility index (Phi) is 13.0. The molecule has 4 rings (SSSR count). The Labute approximate surface area is 317 Å². The van der Waals surface area contributed by atoms with Crippen molar-refractivity contribution < 1.29 is 34.0 Å². The van der Waals surface area contributed by atoms with Gasteiger partial charge in [-0.1, -0.05) is 30.9 Å². The quantitative estimate of drug-likeness (QED) is 0.0785. The number of barbiturate groups is 1. The van der Waals surface area contributed by atoms with E-state index in [1.54, 1.807) is 6.92 Å². The summed E-state index contributed by atoms with van der Waals surface area (Å²) in [4.78, 5) is 91.7. The highest BCUT2D eigenvalue weighted by atomic mass is 32.2. The van der Waals surface area contributed by atoms with Gasteiger partial charge in [0, 0.05) is 56.4 Å². The van der Waals surface area contributed by atoms with Crippen LogP contribution in [0.2, 0.25) is 0 Å². The van der Waals surface area contributed by atoms with Crippen LogP contribution in [0.5, 0.6) is 0 Å². The van der Waals surface area contributed by atoms with E-state index in [0.717, 1.165) is 40.4 Å². The molecule has 0 atom stereocenters. The maximum Gasteiger partial charge on any atom is 0.333 e. The summed E-state index contributed by atoms with van der Waals surface area (Å²) in [6, 6.07) is 4.59. The fourth-order valence-corrected chi connectivity index (χ4v) is 6.73. The topological polar surface area (TPSA) is 241 Å². The van der Waals surface area contributed by atoms with Gasteiger partial charge in [0.1, 0.15) is 11.5 Å². The van der Waals surface area contributed by atoms with Gasteiger partial charge in [0.05, 0.1) is 29.9 Å². The lowest BCUT2D eigenvalue weighted by molar-refractivity contribution is -0.616. The predicted octanol–water partition coefficient (Wildman–Crippen LogP) is 4.68. The van der Waals surface area contributed by atoms with Crippen LogP contribution >= 0.6 is 23.9 Å². The van der Waals surface area contributed by atoms with Crippen LogP contribution in [-0.2, 0) is 19.2 Å². The Morgan fingerprint density at radius 2 is 1.24 bits per heavy atom. The first-order valence-electron chi connectivity index (χ1n) is 16.1. The van der Waals surface area contributed by atoms with Gasteiger partial charge in [0.25, 0.3) is 23.6 Å². The standard InChI is InChI=1S/C31H36N12O9S2/c1-8-14-40(42(49)50)54-24-17-20(33-35-26-29(46)38(6)31(48)39(7)30(26)47)11-13-22(24)21-12-10-19(16-23(21)41(43(51)52)53-15-9-2)32-34-25-27(44)36(4)18(3)37(5)28(25)45/h10-13,16-17,25-26H,3,8-9,14-15H2,1-2,4-7H3. The number of azo groups is 2. The lowest BCUT2D eigenvalue weighted by Crippen LogP contribution is -2.58. The van der Waals surface area contributed by atoms with E-state index in [0.29, 0.717) is 36.1 Å². The number of likely N-dealkylation sites (N-methyl/N-ethyl adjacent to an activating group) is 4. The maximum absolute atomic E-state index is 12.8. The van der Waals surface area contributed by atoms with Crippen molar-refractivity contribution in [2.24, 2.45) is 20.5 Å². The van der Waals surface area contributed by atoms with Crippen LogP contribution in [0, 0.1) is 20.2 Å². The summed E-state index contributed by atoms with van der Waals surface area (Å²) in [7, 11) is 5.25. The monoisotopic (exact) mass is 784 g/mol. The fraction of sp³-hybridized carbons (Fsp3) is 0.387. The Hall–Kier alpha value is -5.97. The molecular formula is C31H36N12O9S2. The van der Waals surface area contributed by atoms with Crippen molar-refractivity contribution in [2.75, 3.05) is 44.9 Å². The van der Waals surface area contributed by atoms with E-state index in [1.807, 2.05) is 6.92 Å². The summed E-state index contributed by atoms with van der Waals surface area (Å²) in [5, 5.41) is 39.3. The highest BCUT2D eigenvalue weighted by Gasteiger charge is 2.43. The molecule has 2 fully saturated rings. The summed E-state index contributed by atoms with van der Waals surface area (Å²) in [6.07, 6.45) is 0.969. The SMILES string of the molecule is C=C1N(C)C(=O)C(N=Nc2ccc(-c3ccc(N=NC4C(=O)N(C)C(=O)N(C)C4=O)cc3SN(CCC)[N+](=O)[O-])c(N(SCCC)[N+](=O)[O-])c2)C(=O)N1C. The number of nitrogens with zero attached hydrogens (tertiary/aromatic N) is 12. The van der Waals surface area contributed by atoms with Gasteiger partial charge in [-0.05, 0) is 53.2 Å². The normalized spacial score (nSPS) is 16.1. The minimum atomic E-state index is -1.65. The van der Waals surface area contributed by atoms with Crippen LogP contribution in [0.3, 0.4) is 0 Å². The Morgan fingerprint density at radius 3 is 1.72 bits per heavy atom. The number of benzene rings is 2. The van der Waals surface area contributed by atoms with Gasteiger partial charge < -0.3 is 0 Å². The number of hydrogen-bond donors (Lipinski definition) is 0. The number of urea groups is 1. The first-order chi connectivity index (χ1) is 25.5. The van der Waals surface area contributed by atoms with Crippen LogP contribution in [0.25, 0.3) is 11.1 Å². The van der Waals surface area contributed by atoms with Gasteiger partial charge in [-0.2, -0.15) is 20.5 Å². The number of hydrogen-bond acceptors (Lipinski definition) is 15. The lowest BCUT2D eigenvalue weighted by Gasteiger charge is -2.34. The molecule has 0 bridgehead atoms. The lowest BCUT2D eigenvalue weighted by atomic mass is 10.0. The number of amides is 6. The molecule has 2 heterocycles. The Bertz CT molecular complexity index is 1910. The third-order valence-electron chi connectivity index (χ3n) is 7.99. The minimum Gasteiger partial charge on any atom is -0.299 e. The van der Waals surface area contributed by atoms with Gasteiger partial charge in [-0.15, -0.1) is 0 Å². The summed E-state index contributed by atoms with van der Waals surface area (Å²) in [6.45, 7) is 7.29. The van der Waals surface area contributed by atoms with Crippen LogP contribution in [0.4, 0.5) is 21.9 Å². The molecule has 54 heavy (non-hydrogen) atoms. The van der Waals surface area contributed by atoms with E-state index < -0.39 is 51.8 Å². The molecule has 0 aliphatic carbocycles. The molecule has 2 aromatic carbocycles. The highest BCUT2D eigenvalue weighted by Crippen LogP contribution is 2.43. The second-order valence-electron chi connectivity index (χ2n) is 11.7. The minimum absolute atomic E-state index is 0.00711. The third kappa shape index (κ3) is 8.46. The van der Waals surface area contributed by atoms with Gasteiger partial charge in [0.2, 0.25) is 12.1 Å². The predicted molar refractivity (Wildman–Crippen MR) is 196 cm³/mol. The van der Waals surface area contributed by atoms with E-state index in [9.17, 15) is 44.2 Å². The largest absolute Gasteiger partial charge is 0.333 e. The molecule has 21 nitrogen and oxygen atoms in total. The van der Waals surface area contributed by atoms with Gasteiger partial charge >= 0.3 is 6.03 Å². The van der Waals surface area contributed by atoms with Crippen molar-refractivity contribution in [1.82, 2.24) is 24.0 Å². The van der Waals surface area contributed by atoms with E-state index in [1.165, 1.54) is 64.6 Å². The van der Waals surface area contributed by atoms with Crippen LogP contribution in [0.1, 0.15) is 26.7 Å². The summed E-state index contributed by atoms with van der Waals surface area (Å²) < 4.78 is 1.68. The maximum atomic E-state index is 12.8. The molecule has 0 aromatic heterocycles. The second kappa shape index (κ2) is 17.2. The number of hydrazine groups is 2. The van der Waals surface area contributed by atoms with E-state index >= 15 is 0 Å². The van der Waals surface area contributed by atoms with E-state index in [2.05, 4.69) is 27.0 Å². The van der Waals surface area contributed by atoms with Crippen molar-refractivity contribution in [3.63, 3.8) is 0 Å². The molecular weight excluding hydrogens is 749 g/mol. The Morgan fingerprint density at radius 1 is 0.741 bits per heavy atom. The second-order valence-corrected chi connectivity index (χ2v) is 13.7. The molecule has 286 valence electrons. The average molecular weight is 785 g/mol. The van der Waals surface area contributed by atoms with Gasteiger partial charge in [0.15, 0.2) is 10.1 Å². The third-order valence-corrected chi connectivity index (χ3v) is 10.2. The number of carbonyl (C=O) groups excluding carboxylic acids is 5. The molecule has 0 N–H and O–H groups in total. The molecule has 6 amide bonds. The van der Waals surface area contributed by atoms with Crippen molar-refractivity contribution >= 4 is 70.6 Å². The zero-order chi connectivity index (χ0) is 40.0. The van der Waals surface area contributed by atoms with Crippen molar-refractivity contribution in [2.45, 2.75) is 43.7 Å². The first-order valence-corrected chi connectivity index (χ1v) is 17.9. The number of carbonyl (C=O) groups is 5. The molecule has 0 radical (unpaired) electrons. The molecule has 2 aromatic rings. The molecule has 0 spiro atoms. The molecule has 2 saturated heterocycles. The highest BCUT2D eigenvalue weighted by molar-refractivity contribution is 8.00. The molecule has 2 aliphatic rings. The zero-order valence-corrected chi connectivity index (χ0v) is 31.6. The number of anilines is 1. The van der Waals surface area contributed by atoms with Crippen molar-refractivity contribution in [3.05, 3.63) is 69.0 Å². The number of rotatable bonds is 15. The number of nitro groups is 2. The van der Waals surface area contributed by atoms with Gasteiger partial charge in [-0.25, -0.2) is 25.0 Å². The smallest absolute Gasteiger partial charge is 0.299 e. The number of imide groups is 2. The average Bonchev–Trinajstić information content (AvgIpc) is 3.14. The molecule has 0 unspecified atom stereocenters. The molecule has 2 aliphatic heterocycles. The first kappa shape index (κ1) is 40.8. The van der Waals surface area contributed by atoms with E-state index in [4.69, 9.17) is 0 Å². The van der Waals surface area contributed by atoms with Crippen LogP contribution < -0.4 is 4.41 Å². The van der Waals surface area contributed by atoms with Crippen LogP contribution in [0.15, 0.2) is 74.2 Å². The molecule has 0 saturated carbocycles. The fourth-order valence-electron chi connectivity index (χ4n) is 4.97. The Balaban J connectivity index is 1.86. The summed E-state index contributed by atoms with van der Waals surface area (Å²) >= 11 is 1.60. The van der Waals surface area contributed by atoms with Crippen molar-refractivity contribution in [3.8, 4) is 11.1 Å². The summed E-state index contributed by atoms with van der Waals surface area (Å²) in [5.41, 5.74) is 0.647. The van der Waals surface area contributed by atoms with Crippen molar-refractivity contribution in [1.29, 1.82) is 0 Å². The molecule has 23 heteroatoms. The summed E-state index contributed by atoms with van der Waals surface area (Å²) in [5.74, 6) is -2.63.